The second-order valence-electron chi connectivity index (χ2n) is 3.09. The van der Waals surface area contributed by atoms with Crippen molar-refractivity contribution in [3.8, 4) is 5.75 Å². The number of pyridine rings is 1. The summed E-state index contributed by atoms with van der Waals surface area (Å²) >= 11 is 0. The average molecular weight is 238 g/mol. The number of ether oxygens (including phenoxy) is 1. The molecule has 0 radical (unpaired) electrons. The highest BCUT2D eigenvalue weighted by atomic mass is 16.5. The third-order valence-electron chi connectivity index (χ3n) is 2.03. The number of amides is 2. The van der Waals surface area contributed by atoms with Gasteiger partial charge in [-0.3, -0.25) is 4.79 Å². The topological polar surface area (TPSA) is 103 Å². The van der Waals surface area contributed by atoms with Gasteiger partial charge in [0.2, 0.25) is 5.43 Å². The van der Waals surface area contributed by atoms with E-state index in [1.54, 1.807) is 0 Å². The molecular formula is C9H12N5O3+. The van der Waals surface area contributed by atoms with Crippen LogP contribution in [0.2, 0.25) is 0 Å². The molecule has 1 aromatic rings. The quantitative estimate of drug-likeness (QED) is 0.583. The van der Waals surface area contributed by atoms with Gasteiger partial charge in [0, 0.05) is 25.0 Å². The van der Waals surface area contributed by atoms with Crippen LogP contribution in [0.25, 0.3) is 5.08 Å². The maximum absolute atomic E-state index is 11.4. The minimum Gasteiger partial charge on any atom is -0.491 e. The normalized spacial score (nSPS) is 9.24. The van der Waals surface area contributed by atoms with Crippen molar-refractivity contribution in [1.29, 1.82) is 5.39 Å². The van der Waals surface area contributed by atoms with Gasteiger partial charge >= 0.3 is 11.1 Å². The maximum atomic E-state index is 11.4. The Morgan fingerprint density at radius 3 is 2.88 bits per heavy atom. The van der Waals surface area contributed by atoms with Crippen molar-refractivity contribution in [2.75, 3.05) is 14.2 Å². The molecular weight excluding hydrogens is 226 g/mol. The standard InChI is InChI=1S/C9H11N5O3/c1-11-9(16)14(13-10)5-6-3-7(15)8(17-2)4-12-6/h3-4H,5H2,1-2H3,(H-,11,12,15,16)/p+1. The summed E-state index contributed by atoms with van der Waals surface area (Å²) < 4.78 is 4.79. The molecule has 0 fully saturated rings. The number of aromatic nitrogens is 1. The first-order valence-electron chi connectivity index (χ1n) is 4.72. The average Bonchev–Trinajstić information content (AvgIpc) is 2.35. The fourth-order valence-electron chi connectivity index (χ4n) is 1.19. The van der Waals surface area contributed by atoms with Crippen molar-refractivity contribution in [1.82, 2.24) is 15.3 Å². The first kappa shape index (κ1) is 12.5. The lowest BCUT2D eigenvalue weighted by atomic mass is 10.3. The van der Waals surface area contributed by atoms with Crippen LogP contribution in [0.1, 0.15) is 5.69 Å². The van der Waals surface area contributed by atoms with E-state index < -0.39 is 6.03 Å². The molecule has 0 bridgehead atoms. The summed E-state index contributed by atoms with van der Waals surface area (Å²) in [4.78, 5) is 25.4. The monoisotopic (exact) mass is 238 g/mol. The number of urea groups is 1. The summed E-state index contributed by atoms with van der Waals surface area (Å²) in [5.41, 5.74) is 0.0910. The van der Waals surface area contributed by atoms with Crippen LogP contribution in [-0.2, 0) is 6.54 Å². The van der Waals surface area contributed by atoms with Crippen molar-refractivity contribution in [2.45, 2.75) is 6.54 Å². The molecule has 0 aliphatic carbocycles. The van der Waals surface area contributed by atoms with E-state index in [4.69, 9.17) is 10.1 Å². The SMILES string of the molecule is CNC(=O)N(Cc1cc(=O)c(OC)c[nH]1)[N+]#N. The van der Waals surface area contributed by atoms with Gasteiger partial charge in [0.25, 0.3) is 5.39 Å². The van der Waals surface area contributed by atoms with Gasteiger partial charge in [0.1, 0.15) is 6.54 Å². The van der Waals surface area contributed by atoms with Gasteiger partial charge in [0.15, 0.2) is 5.75 Å². The number of H-pyrrole nitrogens is 1. The van der Waals surface area contributed by atoms with Crippen molar-refractivity contribution in [3.63, 3.8) is 0 Å². The number of nitrogens with one attached hydrogen (secondary N) is 2. The zero-order valence-corrected chi connectivity index (χ0v) is 9.43. The Balaban J connectivity index is 2.89. The Labute approximate surface area is 96.8 Å². The second-order valence-corrected chi connectivity index (χ2v) is 3.09. The van der Waals surface area contributed by atoms with Crippen LogP contribution >= 0.6 is 0 Å². The smallest absolute Gasteiger partial charge is 0.390 e. The molecule has 1 aromatic heterocycles. The molecule has 1 rings (SSSR count). The van der Waals surface area contributed by atoms with E-state index in [0.29, 0.717) is 5.69 Å². The minimum atomic E-state index is -0.593. The fourth-order valence-corrected chi connectivity index (χ4v) is 1.19. The third kappa shape index (κ3) is 2.94. The molecule has 8 heteroatoms. The van der Waals surface area contributed by atoms with E-state index in [9.17, 15) is 9.59 Å². The largest absolute Gasteiger partial charge is 0.491 e. The minimum absolute atomic E-state index is 0.0601. The maximum Gasteiger partial charge on any atom is 0.390 e. The Morgan fingerprint density at radius 1 is 1.71 bits per heavy atom. The molecule has 0 atom stereocenters. The van der Waals surface area contributed by atoms with E-state index in [0.717, 1.165) is 5.01 Å². The summed E-state index contributed by atoms with van der Waals surface area (Å²) in [5.74, 6) is 0.168. The first-order valence-corrected chi connectivity index (χ1v) is 4.72. The third-order valence-corrected chi connectivity index (χ3v) is 2.03. The number of carbonyl (C=O) groups excluding carboxylic acids is 1. The lowest BCUT2D eigenvalue weighted by Gasteiger charge is -2.04. The summed E-state index contributed by atoms with van der Waals surface area (Å²) in [6.07, 6.45) is 1.37. The molecule has 0 saturated heterocycles. The van der Waals surface area contributed by atoms with Crippen LogP contribution in [0.15, 0.2) is 17.1 Å². The number of carbonyl (C=O) groups is 1. The highest BCUT2D eigenvalue weighted by Gasteiger charge is 2.23. The summed E-state index contributed by atoms with van der Waals surface area (Å²) in [7, 11) is 2.78. The van der Waals surface area contributed by atoms with Crippen LogP contribution < -0.4 is 15.5 Å². The van der Waals surface area contributed by atoms with Crippen molar-refractivity contribution >= 4 is 6.03 Å². The molecule has 0 spiro atoms. The zero-order valence-electron chi connectivity index (χ0n) is 9.43. The van der Waals surface area contributed by atoms with Gasteiger partial charge in [-0.1, -0.05) is 0 Å². The van der Waals surface area contributed by atoms with Gasteiger partial charge in [0.05, 0.1) is 12.1 Å². The summed E-state index contributed by atoms with van der Waals surface area (Å²) in [6, 6.07) is 0.670. The number of hydrogen-bond acceptors (Lipinski definition) is 4. The van der Waals surface area contributed by atoms with E-state index >= 15 is 0 Å². The van der Waals surface area contributed by atoms with Gasteiger partial charge < -0.3 is 15.0 Å². The van der Waals surface area contributed by atoms with Gasteiger partial charge in [-0.25, -0.2) is 4.79 Å². The first-order chi connectivity index (χ1) is 8.12. The molecule has 2 N–H and O–H groups in total. The summed E-state index contributed by atoms with van der Waals surface area (Å²) in [6.45, 7) is -0.0601. The van der Waals surface area contributed by atoms with Gasteiger partial charge in [-0.2, -0.15) is 0 Å². The Morgan fingerprint density at radius 2 is 2.41 bits per heavy atom. The van der Waals surface area contributed by atoms with Crippen LogP contribution in [0.3, 0.4) is 0 Å². The van der Waals surface area contributed by atoms with Crippen LogP contribution in [0.4, 0.5) is 4.79 Å². The number of rotatable bonds is 3. The molecule has 0 aromatic carbocycles. The van der Waals surface area contributed by atoms with Crippen LogP contribution in [0, 0.1) is 5.39 Å². The van der Waals surface area contributed by atoms with E-state index in [1.165, 1.54) is 26.4 Å². The fraction of sp³-hybridized carbons (Fsp3) is 0.333. The van der Waals surface area contributed by atoms with Crippen molar-refractivity contribution in [2.24, 2.45) is 0 Å². The highest BCUT2D eigenvalue weighted by Crippen LogP contribution is 2.04. The molecule has 1 heterocycles. The molecule has 0 aliphatic heterocycles. The Bertz CT molecular complexity index is 504. The Hall–Kier alpha value is -2.56. The molecule has 2 amide bonds. The molecule has 0 aliphatic rings. The number of hydrogen-bond donors (Lipinski definition) is 2. The van der Waals surface area contributed by atoms with E-state index in [2.05, 4.69) is 15.4 Å². The van der Waals surface area contributed by atoms with Gasteiger partial charge in [-0.05, 0) is 0 Å². The predicted molar refractivity (Wildman–Crippen MR) is 58.7 cm³/mol. The molecule has 0 saturated carbocycles. The number of nitrogens with zero attached hydrogens (tertiary/aromatic N) is 3. The molecule has 0 unspecified atom stereocenters. The van der Waals surface area contributed by atoms with Crippen LogP contribution in [-0.4, -0.2) is 30.2 Å². The Kier molecular flexibility index (Phi) is 4.05. The number of methoxy groups -OCH3 is 1. The molecule has 90 valence electrons. The molecule has 8 nitrogen and oxygen atoms in total. The highest BCUT2D eigenvalue weighted by molar-refractivity contribution is 5.74. The zero-order chi connectivity index (χ0) is 12.8. The number of diazo groups is 1. The lowest BCUT2D eigenvalue weighted by molar-refractivity contribution is 0.213. The summed E-state index contributed by atoms with van der Waals surface area (Å²) in [5, 5.41) is 14.5. The van der Waals surface area contributed by atoms with Crippen molar-refractivity contribution < 1.29 is 9.53 Å². The predicted octanol–water partition coefficient (Wildman–Crippen LogP) is 0.293. The van der Waals surface area contributed by atoms with Gasteiger partial charge in [-0.15, -0.1) is 0 Å². The van der Waals surface area contributed by atoms with E-state index in [1.807, 2.05) is 0 Å². The molecule has 17 heavy (non-hydrogen) atoms. The van der Waals surface area contributed by atoms with Crippen molar-refractivity contribution in [3.05, 3.63) is 33.3 Å². The second kappa shape index (κ2) is 5.50. The van der Waals surface area contributed by atoms with E-state index in [-0.39, 0.29) is 17.7 Å². The number of aromatic amines is 1. The lowest BCUT2D eigenvalue weighted by Crippen LogP contribution is -2.33. The van der Waals surface area contributed by atoms with Crippen LogP contribution in [0.5, 0.6) is 5.75 Å².